The SMILES string of the molecule is CCN1CCN(CCNc2c3ccccc3nc3ccccc23)CC1. The van der Waals surface area contributed by atoms with E-state index in [4.69, 9.17) is 4.98 Å². The number of anilines is 1. The summed E-state index contributed by atoms with van der Waals surface area (Å²) in [5, 5.41) is 6.12. The lowest BCUT2D eigenvalue weighted by Gasteiger charge is -2.34. The van der Waals surface area contributed by atoms with Crippen molar-refractivity contribution in [3.63, 3.8) is 0 Å². The van der Waals surface area contributed by atoms with E-state index in [2.05, 4.69) is 70.6 Å². The van der Waals surface area contributed by atoms with Crippen molar-refractivity contribution in [2.75, 3.05) is 51.1 Å². The normalized spacial score (nSPS) is 16.5. The van der Waals surface area contributed by atoms with Gasteiger partial charge in [-0.1, -0.05) is 43.3 Å². The number of hydrogen-bond acceptors (Lipinski definition) is 4. The summed E-state index contributed by atoms with van der Waals surface area (Å²) in [6.45, 7) is 10.2. The van der Waals surface area contributed by atoms with Crippen LogP contribution in [0.2, 0.25) is 0 Å². The number of rotatable bonds is 5. The molecule has 4 rings (SSSR count). The number of likely N-dealkylation sites (N-methyl/N-ethyl adjacent to an activating group) is 1. The number of nitrogens with zero attached hydrogens (tertiary/aromatic N) is 3. The molecule has 1 fully saturated rings. The minimum Gasteiger partial charge on any atom is -0.383 e. The maximum Gasteiger partial charge on any atom is 0.0730 e. The first-order chi connectivity index (χ1) is 12.3. The van der Waals surface area contributed by atoms with Crippen LogP contribution >= 0.6 is 0 Å². The molecule has 0 spiro atoms. The Bertz CT molecular complexity index is 799. The Balaban J connectivity index is 1.52. The molecule has 0 aliphatic carbocycles. The zero-order valence-electron chi connectivity index (χ0n) is 14.9. The van der Waals surface area contributed by atoms with Crippen LogP contribution < -0.4 is 5.32 Å². The van der Waals surface area contributed by atoms with Crippen molar-refractivity contribution in [1.82, 2.24) is 14.8 Å². The van der Waals surface area contributed by atoms with Crippen molar-refractivity contribution in [3.8, 4) is 0 Å². The van der Waals surface area contributed by atoms with Crippen LogP contribution in [0.15, 0.2) is 48.5 Å². The first kappa shape index (κ1) is 16.3. The van der Waals surface area contributed by atoms with E-state index in [0.29, 0.717) is 0 Å². The van der Waals surface area contributed by atoms with Gasteiger partial charge < -0.3 is 10.2 Å². The fourth-order valence-electron chi connectivity index (χ4n) is 3.70. The molecular weight excluding hydrogens is 308 g/mol. The van der Waals surface area contributed by atoms with Gasteiger partial charge in [0.05, 0.1) is 16.7 Å². The Kier molecular flexibility index (Phi) is 4.81. The molecule has 2 heterocycles. The van der Waals surface area contributed by atoms with Gasteiger partial charge >= 0.3 is 0 Å². The van der Waals surface area contributed by atoms with E-state index in [0.717, 1.165) is 24.1 Å². The highest BCUT2D eigenvalue weighted by molar-refractivity contribution is 6.07. The van der Waals surface area contributed by atoms with E-state index in [1.165, 1.54) is 49.2 Å². The highest BCUT2D eigenvalue weighted by Crippen LogP contribution is 2.30. The van der Waals surface area contributed by atoms with Gasteiger partial charge in [-0.2, -0.15) is 0 Å². The molecule has 0 atom stereocenters. The van der Waals surface area contributed by atoms with Crippen LogP contribution in [0.4, 0.5) is 5.69 Å². The number of para-hydroxylation sites is 2. The van der Waals surface area contributed by atoms with Crippen LogP contribution in [-0.2, 0) is 0 Å². The Morgan fingerprint density at radius 2 is 1.40 bits per heavy atom. The zero-order chi connectivity index (χ0) is 17.1. The zero-order valence-corrected chi connectivity index (χ0v) is 14.9. The summed E-state index contributed by atoms with van der Waals surface area (Å²) in [4.78, 5) is 9.88. The highest BCUT2D eigenvalue weighted by atomic mass is 15.3. The monoisotopic (exact) mass is 334 g/mol. The largest absolute Gasteiger partial charge is 0.383 e. The minimum atomic E-state index is 0.962. The van der Waals surface area contributed by atoms with Gasteiger partial charge in [0, 0.05) is 50.0 Å². The second kappa shape index (κ2) is 7.38. The third-order valence-corrected chi connectivity index (χ3v) is 5.23. The van der Waals surface area contributed by atoms with E-state index >= 15 is 0 Å². The van der Waals surface area contributed by atoms with Crippen LogP contribution in [0, 0.1) is 0 Å². The van der Waals surface area contributed by atoms with Crippen LogP contribution in [0.25, 0.3) is 21.8 Å². The molecule has 0 amide bonds. The Morgan fingerprint density at radius 1 is 0.840 bits per heavy atom. The van der Waals surface area contributed by atoms with Gasteiger partial charge in [0.25, 0.3) is 0 Å². The van der Waals surface area contributed by atoms with Crippen LogP contribution in [0.5, 0.6) is 0 Å². The van der Waals surface area contributed by atoms with Gasteiger partial charge in [-0.15, -0.1) is 0 Å². The van der Waals surface area contributed by atoms with E-state index < -0.39 is 0 Å². The minimum absolute atomic E-state index is 0.962. The van der Waals surface area contributed by atoms with E-state index in [-0.39, 0.29) is 0 Å². The summed E-state index contributed by atoms with van der Waals surface area (Å²) in [6, 6.07) is 16.8. The van der Waals surface area contributed by atoms with Gasteiger partial charge in [-0.25, -0.2) is 4.98 Å². The van der Waals surface area contributed by atoms with Gasteiger partial charge in [-0.05, 0) is 18.7 Å². The summed E-state index contributed by atoms with van der Waals surface area (Å²) in [6.07, 6.45) is 0. The predicted octanol–water partition coefficient (Wildman–Crippen LogP) is 3.44. The fourth-order valence-corrected chi connectivity index (χ4v) is 3.70. The molecule has 0 bridgehead atoms. The molecule has 4 nitrogen and oxygen atoms in total. The number of fused-ring (bicyclic) bond motifs is 2. The third kappa shape index (κ3) is 3.46. The molecule has 25 heavy (non-hydrogen) atoms. The smallest absolute Gasteiger partial charge is 0.0730 e. The molecule has 0 saturated carbocycles. The Morgan fingerprint density at radius 3 is 2.00 bits per heavy atom. The topological polar surface area (TPSA) is 31.4 Å². The van der Waals surface area contributed by atoms with Crippen molar-refractivity contribution in [3.05, 3.63) is 48.5 Å². The number of hydrogen-bond donors (Lipinski definition) is 1. The van der Waals surface area contributed by atoms with Crippen LogP contribution in [0.1, 0.15) is 6.92 Å². The lowest BCUT2D eigenvalue weighted by atomic mass is 10.1. The molecule has 1 aliphatic heterocycles. The average Bonchev–Trinajstić information content (AvgIpc) is 2.68. The summed E-state index contributed by atoms with van der Waals surface area (Å²) in [7, 11) is 0. The number of piperazine rings is 1. The lowest BCUT2D eigenvalue weighted by Crippen LogP contribution is -2.47. The van der Waals surface area contributed by atoms with Crippen molar-refractivity contribution in [1.29, 1.82) is 0 Å². The molecule has 4 heteroatoms. The molecule has 3 aromatic rings. The quantitative estimate of drug-likeness (QED) is 0.724. The van der Waals surface area contributed by atoms with E-state index in [1.807, 2.05) is 0 Å². The van der Waals surface area contributed by atoms with Crippen LogP contribution in [-0.4, -0.2) is 60.6 Å². The molecule has 0 radical (unpaired) electrons. The maximum absolute atomic E-state index is 4.80. The molecule has 0 unspecified atom stereocenters. The highest BCUT2D eigenvalue weighted by Gasteiger charge is 2.15. The second-order valence-corrected chi connectivity index (χ2v) is 6.72. The Labute approximate surface area is 149 Å². The van der Waals surface area contributed by atoms with E-state index in [9.17, 15) is 0 Å². The standard InChI is InChI=1S/C21H26N4/c1-2-24-13-15-25(16-14-24)12-11-22-21-17-7-3-5-9-19(17)23-20-10-6-4-8-18(20)21/h3-10H,2,11-16H2,1H3,(H,22,23). The molecule has 1 saturated heterocycles. The molecular formula is C21H26N4. The first-order valence-corrected chi connectivity index (χ1v) is 9.31. The fraction of sp³-hybridized carbons (Fsp3) is 0.381. The van der Waals surface area contributed by atoms with Gasteiger partial charge in [0.15, 0.2) is 0 Å². The third-order valence-electron chi connectivity index (χ3n) is 5.23. The van der Waals surface area contributed by atoms with Gasteiger partial charge in [0.2, 0.25) is 0 Å². The number of pyridine rings is 1. The van der Waals surface area contributed by atoms with E-state index in [1.54, 1.807) is 0 Å². The molecule has 2 aromatic carbocycles. The summed E-state index contributed by atoms with van der Waals surface area (Å²) in [5.74, 6) is 0. The number of nitrogens with one attached hydrogen (secondary N) is 1. The summed E-state index contributed by atoms with van der Waals surface area (Å²) < 4.78 is 0. The molecule has 1 N–H and O–H groups in total. The van der Waals surface area contributed by atoms with Crippen LogP contribution in [0.3, 0.4) is 0 Å². The van der Waals surface area contributed by atoms with Crippen molar-refractivity contribution < 1.29 is 0 Å². The van der Waals surface area contributed by atoms with Gasteiger partial charge in [0.1, 0.15) is 0 Å². The lowest BCUT2D eigenvalue weighted by molar-refractivity contribution is 0.141. The summed E-state index contributed by atoms with van der Waals surface area (Å²) in [5.41, 5.74) is 3.33. The van der Waals surface area contributed by atoms with Gasteiger partial charge in [-0.3, -0.25) is 4.90 Å². The van der Waals surface area contributed by atoms with Crippen molar-refractivity contribution >= 4 is 27.5 Å². The molecule has 1 aliphatic rings. The second-order valence-electron chi connectivity index (χ2n) is 6.72. The van der Waals surface area contributed by atoms with Crippen molar-refractivity contribution in [2.45, 2.75) is 6.92 Å². The van der Waals surface area contributed by atoms with Crippen molar-refractivity contribution in [2.24, 2.45) is 0 Å². The summed E-state index contributed by atoms with van der Waals surface area (Å²) >= 11 is 0. The number of benzene rings is 2. The maximum atomic E-state index is 4.80. The predicted molar refractivity (Wildman–Crippen MR) is 106 cm³/mol. The average molecular weight is 334 g/mol. The Hall–Kier alpha value is -2.17. The molecule has 1 aromatic heterocycles. The first-order valence-electron chi connectivity index (χ1n) is 9.31. The molecule has 130 valence electrons. The number of aromatic nitrogens is 1.